The van der Waals surface area contributed by atoms with E-state index in [1.165, 1.54) is 0 Å². The Morgan fingerprint density at radius 2 is 2.00 bits per heavy atom. The summed E-state index contributed by atoms with van der Waals surface area (Å²) in [5, 5.41) is 0. The minimum absolute atomic E-state index is 0. The Morgan fingerprint density at radius 1 is 1.33 bits per heavy atom. The van der Waals surface area contributed by atoms with Gasteiger partial charge in [-0.05, 0) is 18.6 Å². The first-order valence-electron chi connectivity index (χ1n) is 5.86. The van der Waals surface area contributed by atoms with Crippen LogP contribution in [0.25, 0.3) is 0 Å². The van der Waals surface area contributed by atoms with Gasteiger partial charge in [-0.2, -0.15) is 0 Å². The third-order valence-electron chi connectivity index (χ3n) is 2.43. The second kappa shape index (κ2) is 9.74. The number of benzene rings is 1. The molecule has 5 heteroatoms. The van der Waals surface area contributed by atoms with Gasteiger partial charge in [0.25, 0.3) is 0 Å². The van der Waals surface area contributed by atoms with Crippen LogP contribution in [0.4, 0.5) is 0 Å². The van der Waals surface area contributed by atoms with Gasteiger partial charge in [-0.15, -0.1) is 12.4 Å². The second-order valence-corrected chi connectivity index (χ2v) is 3.87. The van der Waals surface area contributed by atoms with Gasteiger partial charge >= 0.3 is 0 Å². The Labute approximate surface area is 115 Å². The Kier molecular flexibility index (Phi) is 9.06. The minimum atomic E-state index is 0. The first kappa shape index (κ1) is 16.7. The lowest BCUT2D eigenvalue weighted by Gasteiger charge is -2.16. The maximum absolute atomic E-state index is 11.4. The monoisotopic (exact) mass is 272 g/mol. The van der Waals surface area contributed by atoms with E-state index < -0.39 is 0 Å². The molecule has 1 rings (SSSR count). The standard InChI is InChI=1S/C13H20N2O2.ClH/c1-15(13(16)8-9-14)10-5-11-17-12-6-3-2-4-7-12;/h2-4,6-7H,5,8-11,14H2,1H3;1H. The lowest BCUT2D eigenvalue weighted by atomic mass is 10.3. The molecule has 0 aliphatic rings. The molecule has 0 fully saturated rings. The zero-order valence-electron chi connectivity index (χ0n) is 10.7. The predicted octanol–water partition coefficient (Wildman–Crippen LogP) is 1.68. The van der Waals surface area contributed by atoms with Gasteiger partial charge in [0.1, 0.15) is 5.75 Å². The van der Waals surface area contributed by atoms with Crippen LogP contribution in [0.2, 0.25) is 0 Å². The molecule has 1 amide bonds. The van der Waals surface area contributed by atoms with Crippen LogP contribution < -0.4 is 10.5 Å². The number of nitrogens with zero attached hydrogens (tertiary/aromatic N) is 1. The van der Waals surface area contributed by atoms with Crippen LogP contribution in [0, 0.1) is 0 Å². The van der Waals surface area contributed by atoms with Crippen molar-refractivity contribution in [3.63, 3.8) is 0 Å². The van der Waals surface area contributed by atoms with Crippen LogP contribution in [-0.2, 0) is 4.79 Å². The molecule has 18 heavy (non-hydrogen) atoms. The Bertz CT molecular complexity index is 333. The number of nitrogens with two attached hydrogens (primary N) is 1. The molecule has 0 radical (unpaired) electrons. The first-order chi connectivity index (χ1) is 8.24. The van der Waals surface area contributed by atoms with Crippen molar-refractivity contribution in [1.82, 2.24) is 4.90 Å². The molecule has 4 nitrogen and oxygen atoms in total. The van der Waals surface area contributed by atoms with Crippen molar-refractivity contribution in [1.29, 1.82) is 0 Å². The van der Waals surface area contributed by atoms with Gasteiger partial charge in [-0.25, -0.2) is 0 Å². The zero-order chi connectivity index (χ0) is 12.5. The third kappa shape index (κ3) is 6.47. The van der Waals surface area contributed by atoms with Gasteiger partial charge in [-0.3, -0.25) is 4.79 Å². The zero-order valence-corrected chi connectivity index (χ0v) is 11.5. The summed E-state index contributed by atoms with van der Waals surface area (Å²) in [4.78, 5) is 13.1. The number of carbonyl (C=O) groups is 1. The fourth-order valence-electron chi connectivity index (χ4n) is 1.45. The van der Waals surface area contributed by atoms with Gasteiger partial charge in [0.15, 0.2) is 0 Å². The summed E-state index contributed by atoms with van der Waals surface area (Å²) in [6.07, 6.45) is 1.23. The third-order valence-corrected chi connectivity index (χ3v) is 2.43. The van der Waals surface area contributed by atoms with E-state index in [1.807, 2.05) is 30.3 Å². The number of hydrogen-bond donors (Lipinski definition) is 1. The van der Waals surface area contributed by atoms with Gasteiger partial charge in [0.2, 0.25) is 5.91 Å². The number of carbonyl (C=O) groups excluding carboxylic acids is 1. The Morgan fingerprint density at radius 3 is 2.61 bits per heavy atom. The highest BCUT2D eigenvalue weighted by atomic mass is 35.5. The largest absolute Gasteiger partial charge is 0.494 e. The van der Waals surface area contributed by atoms with E-state index >= 15 is 0 Å². The summed E-state index contributed by atoms with van der Waals surface area (Å²) < 4.78 is 5.53. The molecule has 1 aromatic carbocycles. The number of rotatable bonds is 7. The molecular weight excluding hydrogens is 252 g/mol. The van der Waals surface area contributed by atoms with Gasteiger partial charge in [0, 0.05) is 26.6 Å². The van der Waals surface area contributed by atoms with E-state index in [2.05, 4.69) is 0 Å². The molecule has 0 heterocycles. The topological polar surface area (TPSA) is 55.6 Å². The molecule has 0 bridgehead atoms. The number of hydrogen-bond acceptors (Lipinski definition) is 3. The minimum Gasteiger partial charge on any atom is -0.494 e. The molecular formula is C13H21ClN2O2. The van der Waals surface area contributed by atoms with Crippen molar-refractivity contribution in [3.8, 4) is 5.75 Å². The molecule has 0 aliphatic heterocycles. The average Bonchev–Trinajstić information content (AvgIpc) is 2.36. The lowest BCUT2D eigenvalue weighted by molar-refractivity contribution is -0.129. The molecule has 0 saturated heterocycles. The molecule has 0 aromatic heterocycles. The number of amides is 1. The normalized spacial score (nSPS) is 9.44. The van der Waals surface area contributed by atoms with E-state index in [0.29, 0.717) is 26.1 Å². The van der Waals surface area contributed by atoms with Crippen LogP contribution in [-0.4, -0.2) is 37.6 Å². The predicted molar refractivity (Wildman–Crippen MR) is 75.1 cm³/mol. The van der Waals surface area contributed by atoms with Crippen molar-refractivity contribution in [2.75, 3.05) is 26.7 Å². The molecule has 0 spiro atoms. The molecule has 102 valence electrons. The van der Waals surface area contributed by atoms with E-state index in [9.17, 15) is 4.79 Å². The van der Waals surface area contributed by atoms with Crippen LogP contribution in [0.15, 0.2) is 30.3 Å². The highest BCUT2D eigenvalue weighted by Gasteiger charge is 2.06. The quantitative estimate of drug-likeness (QED) is 0.769. The van der Waals surface area contributed by atoms with Crippen LogP contribution >= 0.6 is 12.4 Å². The van der Waals surface area contributed by atoms with Crippen molar-refractivity contribution in [2.45, 2.75) is 12.8 Å². The van der Waals surface area contributed by atoms with Crippen LogP contribution in [0.3, 0.4) is 0 Å². The summed E-state index contributed by atoms with van der Waals surface area (Å²) in [5.74, 6) is 0.954. The summed E-state index contributed by atoms with van der Waals surface area (Å²) >= 11 is 0. The van der Waals surface area contributed by atoms with Crippen LogP contribution in [0.1, 0.15) is 12.8 Å². The number of para-hydroxylation sites is 1. The van der Waals surface area contributed by atoms with Crippen molar-refractivity contribution >= 4 is 18.3 Å². The average molecular weight is 273 g/mol. The fourth-order valence-corrected chi connectivity index (χ4v) is 1.45. The fraction of sp³-hybridized carbons (Fsp3) is 0.462. The van der Waals surface area contributed by atoms with E-state index in [4.69, 9.17) is 10.5 Å². The maximum Gasteiger partial charge on any atom is 0.223 e. The summed E-state index contributed by atoms with van der Waals surface area (Å²) in [5.41, 5.74) is 5.33. The second-order valence-electron chi connectivity index (χ2n) is 3.87. The van der Waals surface area contributed by atoms with Crippen molar-refractivity contribution in [2.24, 2.45) is 5.73 Å². The number of ether oxygens (including phenoxy) is 1. The molecule has 0 atom stereocenters. The van der Waals surface area contributed by atoms with E-state index in [1.54, 1.807) is 11.9 Å². The molecule has 0 unspecified atom stereocenters. The smallest absolute Gasteiger partial charge is 0.223 e. The van der Waals surface area contributed by atoms with Crippen LogP contribution in [0.5, 0.6) is 5.75 Å². The molecule has 0 aliphatic carbocycles. The highest BCUT2D eigenvalue weighted by Crippen LogP contribution is 2.08. The lowest BCUT2D eigenvalue weighted by Crippen LogP contribution is -2.30. The maximum atomic E-state index is 11.4. The first-order valence-corrected chi connectivity index (χ1v) is 5.86. The van der Waals surface area contributed by atoms with E-state index in [0.717, 1.165) is 12.2 Å². The summed E-state index contributed by atoms with van der Waals surface area (Å²) in [7, 11) is 1.79. The Hall–Kier alpha value is -1.26. The summed E-state index contributed by atoms with van der Waals surface area (Å²) in [6.45, 7) is 1.72. The molecule has 0 saturated carbocycles. The van der Waals surface area contributed by atoms with Gasteiger partial charge in [-0.1, -0.05) is 18.2 Å². The van der Waals surface area contributed by atoms with Gasteiger partial charge < -0.3 is 15.4 Å². The highest BCUT2D eigenvalue weighted by molar-refractivity contribution is 5.85. The SMILES string of the molecule is CN(CCCOc1ccccc1)C(=O)CCN.Cl. The van der Waals surface area contributed by atoms with Crippen molar-refractivity contribution in [3.05, 3.63) is 30.3 Å². The molecule has 1 aromatic rings. The van der Waals surface area contributed by atoms with Crippen molar-refractivity contribution < 1.29 is 9.53 Å². The number of halogens is 1. The van der Waals surface area contributed by atoms with E-state index in [-0.39, 0.29) is 18.3 Å². The molecule has 2 N–H and O–H groups in total. The Balaban J connectivity index is 0.00000289. The summed E-state index contributed by atoms with van der Waals surface area (Å²) in [6, 6.07) is 9.66. The van der Waals surface area contributed by atoms with Gasteiger partial charge in [0.05, 0.1) is 6.61 Å².